The van der Waals surface area contributed by atoms with E-state index in [0.717, 1.165) is 5.56 Å². The van der Waals surface area contributed by atoms with Crippen molar-refractivity contribution in [3.63, 3.8) is 0 Å². The third kappa shape index (κ3) is 3.17. The number of nitrogens with one attached hydrogen (secondary N) is 1. The zero-order valence-electron chi connectivity index (χ0n) is 9.54. The molecular formula is C10H12ClFN6. The third-order valence-corrected chi connectivity index (χ3v) is 2.11. The number of anilines is 1. The molecule has 6 nitrogen and oxygen atoms in total. The maximum atomic E-state index is 12.6. The molecule has 0 fully saturated rings. The highest BCUT2D eigenvalue weighted by atomic mass is 35.5. The number of hydrazone groups is 1. The summed E-state index contributed by atoms with van der Waals surface area (Å²) in [5.74, 6) is 6.23. The number of hydrogen-bond donors (Lipinski definition) is 2. The molecule has 2 aromatic rings. The first-order valence-electron chi connectivity index (χ1n) is 4.88. The van der Waals surface area contributed by atoms with Gasteiger partial charge in [0, 0.05) is 0 Å². The van der Waals surface area contributed by atoms with E-state index in [1.54, 1.807) is 19.1 Å². The monoisotopic (exact) mass is 270 g/mol. The van der Waals surface area contributed by atoms with Gasteiger partial charge in [-0.1, -0.05) is 12.1 Å². The Morgan fingerprint density at radius 3 is 2.56 bits per heavy atom. The van der Waals surface area contributed by atoms with Gasteiger partial charge in [-0.05, 0) is 24.6 Å². The van der Waals surface area contributed by atoms with Gasteiger partial charge in [-0.3, -0.25) is 0 Å². The molecule has 0 saturated heterocycles. The minimum absolute atomic E-state index is 0. The van der Waals surface area contributed by atoms with Crippen molar-refractivity contribution in [1.82, 2.24) is 14.9 Å². The lowest BCUT2D eigenvalue weighted by Crippen LogP contribution is -2.13. The number of aryl methyl sites for hydroxylation is 1. The Morgan fingerprint density at radius 2 is 2.00 bits per heavy atom. The van der Waals surface area contributed by atoms with Crippen LogP contribution in [0.25, 0.3) is 0 Å². The molecule has 0 atom stereocenters. The average molecular weight is 271 g/mol. The second kappa shape index (κ2) is 5.97. The van der Waals surface area contributed by atoms with Gasteiger partial charge in [0.25, 0.3) is 5.95 Å². The van der Waals surface area contributed by atoms with Crippen LogP contribution in [0.3, 0.4) is 0 Å². The number of benzene rings is 1. The summed E-state index contributed by atoms with van der Waals surface area (Å²) in [4.78, 5) is 0. The summed E-state index contributed by atoms with van der Waals surface area (Å²) in [6.07, 6.45) is 1.53. The van der Waals surface area contributed by atoms with Gasteiger partial charge in [-0.15, -0.1) is 22.6 Å². The van der Waals surface area contributed by atoms with Gasteiger partial charge < -0.3 is 5.84 Å². The van der Waals surface area contributed by atoms with Crippen LogP contribution < -0.4 is 11.3 Å². The van der Waals surface area contributed by atoms with E-state index in [1.165, 1.54) is 23.0 Å². The predicted octanol–water partition coefficient (Wildman–Crippen LogP) is 1.31. The number of halogens is 2. The molecule has 96 valence electrons. The van der Waals surface area contributed by atoms with E-state index in [4.69, 9.17) is 5.84 Å². The van der Waals surface area contributed by atoms with Crippen molar-refractivity contribution in [2.45, 2.75) is 6.92 Å². The number of nitrogens with zero attached hydrogens (tertiary/aromatic N) is 4. The highest BCUT2D eigenvalue weighted by Gasteiger charge is 2.02. The second-order valence-corrected chi connectivity index (χ2v) is 3.36. The summed E-state index contributed by atoms with van der Waals surface area (Å²) < 4.78 is 13.9. The molecule has 0 amide bonds. The molecule has 1 heterocycles. The molecule has 1 aromatic carbocycles. The molecule has 0 unspecified atom stereocenters. The van der Waals surface area contributed by atoms with E-state index in [-0.39, 0.29) is 18.2 Å². The number of nitrogens with two attached hydrogens (primary N) is 1. The fraction of sp³-hybridized carbons (Fsp3) is 0.100. The number of hydrogen-bond acceptors (Lipinski definition) is 5. The highest BCUT2D eigenvalue weighted by molar-refractivity contribution is 5.85. The summed E-state index contributed by atoms with van der Waals surface area (Å²) in [6.45, 7) is 1.72. The third-order valence-electron chi connectivity index (χ3n) is 2.11. The molecule has 0 saturated carbocycles. The van der Waals surface area contributed by atoms with Gasteiger partial charge in [0.15, 0.2) is 5.82 Å². The van der Waals surface area contributed by atoms with Crippen molar-refractivity contribution >= 4 is 24.6 Å². The molecular weight excluding hydrogens is 259 g/mol. The lowest BCUT2D eigenvalue weighted by Gasteiger charge is -1.99. The number of aromatic nitrogens is 3. The minimum atomic E-state index is -0.285. The van der Waals surface area contributed by atoms with Crippen molar-refractivity contribution in [3.05, 3.63) is 41.5 Å². The van der Waals surface area contributed by atoms with E-state index < -0.39 is 0 Å². The summed E-state index contributed by atoms with van der Waals surface area (Å²) in [6, 6.07) is 5.94. The van der Waals surface area contributed by atoms with Crippen molar-refractivity contribution in [3.8, 4) is 0 Å². The van der Waals surface area contributed by atoms with E-state index in [2.05, 4.69) is 20.7 Å². The standard InChI is InChI=1S/C10H11FN6.ClH/c1-7-14-16-10(17(7)12)15-13-6-8-2-4-9(11)5-3-8;/h2-6H,12H2,1H3,(H,15,16);1H/b13-6+;. The SMILES string of the molecule is Cc1nnc(N/N=C/c2ccc(F)cc2)n1N.Cl. The van der Waals surface area contributed by atoms with Crippen LogP contribution in [0.2, 0.25) is 0 Å². The maximum absolute atomic E-state index is 12.6. The minimum Gasteiger partial charge on any atom is -0.335 e. The van der Waals surface area contributed by atoms with E-state index in [9.17, 15) is 4.39 Å². The first kappa shape index (κ1) is 13.9. The lowest BCUT2D eigenvalue weighted by molar-refractivity contribution is 0.628. The summed E-state index contributed by atoms with van der Waals surface area (Å²) >= 11 is 0. The molecule has 18 heavy (non-hydrogen) atoms. The van der Waals surface area contributed by atoms with Gasteiger partial charge in [-0.25, -0.2) is 14.5 Å². The Kier molecular flexibility index (Phi) is 4.61. The van der Waals surface area contributed by atoms with Crippen LogP contribution in [-0.4, -0.2) is 21.1 Å². The van der Waals surface area contributed by atoms with Crippen LogP contribution in [0, 0.1) is 12.7 Å². The van der Waals surface area contributed by atoms with Crippen LogP contribution in [0.15, 0.2) is 29.4 Å². The Morgan fingerprint density at radius 1 is 1.33 bits per heavy atom. The quantitative estimate of drug-likeness (QED) is 0.500. The maximum Gasteiger partial charge on any atom is 0.263 e. The van der Waals surface area contributed by atoms with Crippen molar-refractivity contribution < 1.29 is 4.39 Å². The van der Waals surface area contributed by atoms with Crippen molar-refractivity contribution in [1.29, 1.82) is 0 Å². The number of nitrogen functional groups attached to an aromatic ring is 1. The predicted molar refractivity (Wildman–Crippen MR) is 69.8 cm³/mol. The lowest BCUT2D eigenvalue weighted by atomic mass is 10.2. The Hall–Kier alpha value is -2.15. The normalized spacial score (nSPS) is 10.3. The Bertz CT molecular complexity index is 536. The highest BCUT2D eigenvalue weighted by Crippen LogP contribution is 2.02. The molecule has 0 aliphatic heterocycles. The largest absolute Gasteiger partial charge is 0.335 e. The molecule has 0 bridgehead atoms. The van der Waals surface area contributed by atoms with E-state index >= 15 is 0 Å². The topological polar surface area (TPSA) is 81.1 Å². The average Bonchev–Trinajstić information content (AvgIpc) is 2.64. The van der Waals surface area contributed by atoms with Gasteiger partial charge in [0.05, 0.1) is 6.21 Å². The smallest absolute Gasteiger partial charge is 0.263 e. The van der Waals surface area contributed by atoms with Crippen LogP contribution in [0.5, 0.6) is 0 Å². The van der Waals surface area contributed by atoms with E-state index in [1.807, 2.05) is 0 Å². The van der Waals surface area contributed by atoms with Crippen LogP contribution in [0.1, 0.15) is 11.4 Å². The molecule has 3 N–H and O–H groups in total. The van der Waals surface area contributed by atoms with Crippen LogP contribution >= 0.6 is 12.4 Å². The van der Waals surface area contributed by atoms with Gasteiger partial charge in [-0.2, -0.15) is 5.10 Å². The second-order valence-electron chi connectivity index (χ2n) is 3.36. The molecule has 0 radical (unpaired) electrons. The first-order chi connectivity index (χ1) is 8.16. The molecule has 0 aliphatic carbocycles. The van der Waals surface area contributed by atoms with Gasteiger partial charge in [0.2, 0.25) is 0 Å². The van der Waals surface area contributed by atoms with Crippen molar-refractivity contribution in [2.75, 3.05) is 11.3 Å². The number of rotatable bonds is 3. The first-order valence-corrected chi connectivity index (χ1v) is 4.88. The summed E-state index contributed by atoms with van der Waals surface area (Å²) in [7, 11) is 0. The Labute approximate surface area is 109 Å². The Balaban J connectivity index is 0.00000162. The molecule has 2 rings (SSSR count). The van der Waals surface area contributed by atoms with Gasteiger partial charge in [0.1, 0.15) is 5.82 Å². The molecule has 0 spiro atoms. The zero-order valence-corrected chi connectivity index (χ0v) is 10.4. The fourth-order valence-corrected chi connectivity index (χ4v) is 1.16. The summed E-state index contributed by atoms with van der Waals surface area (Å²) in [5.41, 5.74) is 3.40. The van der Waals surface area contributed by atoms with Crippen LogP contribution in [-0.2, 0) is 0 Å². The van der Waals surface area contributed by atoms with Crippen molar-refractivity contribution in [2.24, 2.45) is 5.10 Å². The zero-order chi connectivity index (χ0) is 12.3. The summed E-state index contributed by atoms with van der Waals surface area (Å²) in [5, 5.41) is 11.4. The molecule has 0 aliphatic rings. The van der Waals surface area contributed by atoms with E-state index in [0.29, 0.717) is 11.8 Å². The van der Waals surface area contributed by atoms with Gasteiger partial charge >= 0.3 is 0 Å². The molecule has 8 heteroatoms. The van der Waals surface area contributed by atoms with Crippen LogP contribution in [0.4, 0.5) is 10.3 Å². The molecule has 1 aromatic heterocycles. The fourth-order valence-electron chi connectivity index (χ4n) is 1.16.